The molecule has 118 valence electrons. The predicted molar refractivity (Wildman–Crippen MR) is 72.9 cm³/mol. The first kappa shape index (κ1) is 15.0. The molecule has 2 aromatic rings. The van der Waals surface area contributed by atoms with Gasteiger partial charge >= 0.3 is 6.18 Å². The number of nitrogens with zero attached hydrogens (tertiary/aromatic N) is 4. The lowest BCUT2D eigenvalue weighted by molar-refractivity contribution is -0.141. The zero-order valence-electron chi connectivity index (χ0n) is 11.8. The molecule has 5 nitrogen and oxygen atoms in total. The van der Waals surface area contributed by atoms with Crippen LogP contribution in [0.25, 0.3) is 0 Å². The third-order valence-corrected chi connectivity index (χ3v) is 3.93. The summed E-state index contributed by atoms with van der Waals surface area (Å²) in [7, 11) is 0. The van der Waals surface area contributed by atoms with Crippen molar-refractivity contribution in [3.8, 4) is 0 Å². The summed E-state index contributed by atoms with van der Waals surface area (Å²) in [5, 5.41) is 6.76. The number of hydrogen-bond donors (Lipinski definition) is 1. The van der Waals surface area contributed by atoms with Crippen molar-refractivity contribution in [2.75, 3.05) is 13.1 Å². The molecular weight excluding hydrogens is 295 g/mol. The van der Waals surface area contributed by atoms with Crippen molar-refractivity contribution >= 4 is 0 Å². The molecule has 1 N–H and O–H groups in total. The fraction of sp³-hybridized carbons (Fsp3) is 0.500. The molecule has 3 heterocycles. The summed E-state index contributed by atoms with van der Waals surface area (Å²) >= 11 is 0. The number of nitrogens with one attached hydrogen (secondary N) is 1. The molecule has 0 unspecified atom stereocenters. The number of alkyl halides is 3. The van der Waals surface area contributed by atoms with E-state index < -0.39 is 11.9 Å². The van der Waals surface area contributed by atoms with Crippen LogP contribution in [0.3, 0.4) is 0 Å². The van der Waals surface area contributed by atoms with Gasteiger partial charge in [0.1, 0.15) is 17.8 Å². The standard InChI is InChI=1S/C14H16F3N5/c15-14(16,17)12-2-1-10(7-18-12)8-22-5-3-11(4-6-22)13-19-9-20-21-13/h1-2,7,9,11H,3-6,8H2,(H,19,20,21). The number of pyridine rings is 1. The van der Waals surface area contributed by atoms with Gasteiger partial charge in [0.05, 0.1) is 0 Å². The molecule has 1 aliphatic heterocycles. The fourth-order valence-corrected chi connectivity index (χ4v) is 2.72. The van der Waals surface area contributed by atoms with E-state index in [1.807, 2.05) is 0 Å². The Bertz CT molecular complexity index is 586. The first-order chi connectivity index (χ1) is 10.5. The summed E-state index contributed by atoms with van der Waals surface area (Å²) in [6.07, 6.45) is 0.363. The van der Waals surface area contributed by atoms with Crippen molar-refractivity contribution in [3.63, 3.8) is 0 Å². The van der Waals surface area contributed by atoms with Crippen molar-refractivity contribution in [2.45, 2.75) is 31.5 Å². The van der Waals surface area contributed by atoms with Crippen LogP contribution in [0.15, 0.2) is 24.7 Å². The summed E-state index contributed by atoms with van der Waals surface area (Å²) < 4.78 is 37.4. The van der Waals surface area contributed by atoms with Gasteiger partial charge in [-0.1, -0.05) is 6.07 Å². The van der Waals surface area contributed by atoms with Crippen LogP contribution in [-0.2, 0) is 12.7 Å². The van der Waals surface area contributed by atoms with E-state index >= 15 is 0 Å². The summed E-state index contributed by atoms with van der Waals surface area (Å²) in [5.41, 5.74) is -0.0496. The van der Waals surface area contributed by atoms with E-state index in [0.29, 0.717) is 12.5 Å². The number of aromatic nitrogens is 4. The van der Waals surface area contributed by atoms with Gasteiger partial charge in [-0.05, 0) is 37.6 Å². The van der Waals surface area contributed by atoms with Gasteiger partial charge in [-0.3, -0.25) is 15.0 Å². The van der Waals surface area contributed by atoms with Gasteiger partial charge in [-0.2, -0.15) is 18.3 Å². The Labute approximate surface area is 125 Å². The van der Waals surface area contributed by atoms with Gasteiger partial charge in [0.15, 0.2) is 0 Å². The largest absolute Gasteiger partial charge is 0.433 e. The molecule has 8 heteroatoms. The van der Waals surface area contributed by atoms with E-state index in [2.05, 4.69) is 25.1 Å². The molecule has 0 atom stereocenters. The van der Waals surface area contributed by atoms with Crippen LogP contribution >= 0.6 is 0 Å². The number of aromatic amines is 1. The lowest BCUT2D eigenvalue weighted by Crippen LogP contribution is -2.32. The van der Waals surface area contributed by atoms with E-state index in [1.54, 1.807) is 0 Å². The van der Waals surface area contributed by atoms with Gasteiger partial charge in [0.2, 0.25) is 0 Å². The summed E-state index contributed by atoms with van der Waals surface area (Å²) in [6.45, 7) is 2.38. The molecule has 1 saturated heterocycles. The molecule has 3 rings (SSSR count). The first-order valence-corrected chi connectivity index (χ1v) is 7.12. The summed E-state index contributed by atoms with van der Waals surface area (Å²) in [4.78, 5) is 9.90. The van der Waals surface area contributed by atoms with Crippen LogP contribution in [0.2, 0.25) is 0 Å². The second-order valence-electron chi connectivity index (χ2n) is 5.47. The van der Waals surface area contributed by atoms with Crippen molar-refractivity contribution < 1.29 is 13.2 Å². The minimum atomic E-state index is -4.38. The van der Waals surface area contributed by atoms with E-state index in [4.69, 9.17) is 0 Å². The molecular formula is C14H16F3N5. The van der Waals surface area contributed by atoms with Crippen LogP contribution < -0.4 is 0 Å². The number of hydrogen-bond acceptors (Lipinski definition) is 4. The van der Waals surface area contributed by atoms with Gasteiger partial charge in [0.25, 0.3) is 0 Å². The third kappa shape index (κ3) is 3.44. The quantitative estimate of drug-likeness (QED) is 0.946. The highest BCUT2D eigenvalue weighted by molar-refractivity contribution is 5.16. The predicted octanol–water partition coefficient (Wildman–Crippen LogP) is 2.60. The van der Waals surface area contributed by atoms with Gasteiger partial charge in [-0.25, -0.2) is 4.98 Å². The van der Waals surface area contributed by atoms with E-state index in [-0.39, 0.29) is 0 Å². The minimum Gasteiger partial charge on any atom is -0.299 e. The molecule has 0 saturated carbocycles. The second kappa shape index (κ2) is 6.04. The SMILES string of the molecule is FC(F)(F)c1ccc(CN2CCC(c3ncn[nH]3)CC2)cn1. The first-order valence-electron chi connectivity index (χ1n) is 7.12. The average Bonchev–Trinajstić information content (AvgIpc) is 3.02. The lowest BCUT2D eigenvalue weighted by Gasteiger charge is -2.30. The maximum absolute atomic E-state index is 12.5. The van der Waals surface area contributed by atoms with Gasteiger partial charge in [0, 0.05) is 18.7 Å². The van der Waals surface area contributed by atoms with Crippen LogP contribution in [0, 0.1) is 0 Å². The number of piperidine rings is 1. The Balaban J connectivity index is 1.54. The molecule has 0 aromatic carbocycles. The molecule has 1 fully saturated rings. The Kier molecular flexibility index (Phi) is 4.10. The van der Waals surface area contributed by atoms with Gasteiger partial charge < -0.3 is 0 Å². The zero-order chi connectivity index (χ0) is 15.6. The smallest absolute Gasteiger partial charge is 0.299 e. The average molecular weight is 311 g/mol. The number of likely N-dealkylation sites (tertiary alicyclic amines) is 1. The summed E-state index contributed by atoms with van der Waals surface area (Å²) in [5.74, 6) is 1.29. The minimum absolute atomic E-state index is 0.379. The highest BCUT2D eigenvalue weighted by atomic mass is 19.4. The van der Waals surface area contributed by atoms with E-state index in [1.165, 1.54) is 18.6 Å². The van der Waals surface area contributed by atoms with Crippen LogP contribution in [-0.4, -0.2) is 38.2 Å². The van der Waals surface area contributed by atoms with Crippen LogP contribution in [0.5, 0.6) is 0 Å². The molecule has 0 amide bonds. The maximum atomic E-state index is 12.5. The fourth-order valence-electron chi connectivity index (χ4n) is 2.72. The number of H-pyrrole nitrogens is 1. The maximum Gasteiger partial charge on any atom is 0.433 e. The Morgan fingerprint density at radius 3 is 2.50 bits per heavy atom. The molecule has 2 aromatic heterocycles. The second-order valence-corrected chi connectivity index (χ2v) is 5.47. The Morgan fingerprint density at radius 2 is 1.95 bits per heavy atom. The Hall–Kier alpha value is -1.96. The van der Waals surface area contributed by atoms with Crippen LogP contribution in [0.1, 0.15) is 35.8 Å². The molecule has 0 bridgehead atoms. The zero-order valence-corrected chi connectivity index (χ0v) is 11.8. The topological polar surface area (TPSA) is 57.7 Å². The normalized spacial score (nSPS) is 17.8. The van der Waals surface area contributed by atoms with Crippen molar-refractivity contribution in [2.24, 2.45) is 0 Å². The van der Waals surface area contributed by atoms with E-state index in [9.17, 15) is 13.2 Å². The summed E-state index contributed by atoms with van der Waals surface area (Å²) in [6, 6.07) is 2.54. The number of rotatable bonds is 3. The van der Waals surface area contributed by atoms with Crippen molar-refractivity contribution in [3.05, 3.63) is 41.7 Å². The lowest BCUT2D eigenvalue weighted by atomic mass is 9.96. The third-order valence-electron chi connectivity index (χ3n) is 3.93. The Morgan fingerprint density at radius 1 is 1.18 bits per heavy atom. The molecule has 22 heavy (non-hydrogen) atoms. The highest BCUT2D eigenvalue weighted by Gasteiger charge is 2.32. The van der Waals surface area contributed by atoms with Crippen molar-refractivity contribution in [1.29, 1.82) is 0 Å². The monoisotopic (exact) mass is 311 g/mol. The van der Waals surface area contributed by atoms with Gasteiger partial charge in [-0.15, -0.1) is 0 Å². The highest BCUT2D eigenvalue weighted by Crippen LogP contribution is 2.28. The number of halogens is 3. The van der Waals surface area contributed by atoms with Crippen LogP contribution in [0.4, 0.5) is 13.2 Å². The molecule has 0 radical (unpaired) electrons. The van der Waals surface area contributed by atoms with Crippen molar-refractivity contribution in [1.82, 2.24) is 25.1 Å². The molecule has 1 aliphatic rings. The van der Waals surface area contributed by atoms with E-state index in [0.717, 1.165) is 43.4 Å². The molecule has 0 spiro atoms. The molecule has 0 aliphatic carbocycles.